The highest BCUT2D eigenvalue weighted by atomic mass is 16.6. The Labute approximate surface area is 124 Å². The van der Waals surface area contributed by atoms with Crippen molar-refractivity contribution in [2.45, 2.75) is 31.9 Å². The van der Waals surface area contributed by atoms with Crippen LogP contribution in [0.4, 0.5) is 11.5 Å². The first-order chi connectivity index (χ1) is 9.85. The second-order valence-electron chi connectivity index (χ2n) is 5.81. The Morgan fingerprint density at radius 2 is 2.19 bits per heavy atom. The van der Waals surface area contributed by atoms with Crippen molar-refractivity contribution < 1.29 is 10.0 Å². The molecule has 8 heteroatoms. The number of anilines is 1. The van der Waals surface area contributed by atoms with Gasteiger partial charge in [0, 0.05) is 26.2 Å². The summed E-state index contributed by atoms with van der Waals surface area (Å²) in [7, 11) is 5.63. The van der Waals surface area contributed by atoms with Gasteiger partial charge in [0.05, 0.1) is 11.0 Å². The van der Waals surface area contributed by atoms with E-state index in [2.05, 4.69) is 5.10 Å². The van der Waals surface area contributed by atoms with Gasteiger partial charge in [-0.3, -0.25) is 10.1 Å². The topological polar surface area (TPSA) is 87.7 Å². The van der Waals surface area contributed by atoms with E-state index in [1.807, 2.05) is 30.8 Å². The maximum atomic E-state index is 11.4. The molecule has 0 aliphatic carbocycles. The molecule has 0 saturated carbocycles. The van der Waals surface area contributed by atoms with Crippen LogP contribution >= 0.6 is 0 Å². The summed E-state index contributed by atoms with van der Waals surface area (Å²) >= 11 is 0. The molecule has 0 spiro atoms. The molecule has 0 aromatic carbocycles. The van der Waals surface area contributed by atoms with Crippen molar-refractivity contribution in [3.63, 3.8) is 0 Å². The Hall–Kier alpha value is -1.67. The number of nitrogens with zero attached hydrogens (tertiary/aromatic N) is 5. The molecule has 1 saturated heterocycles. The summed E-state index contributed by atoms with van der Waals surface area (Å²) in [4.78, 5) is 15.0. The molecule has 2 unspecified atom stereocenters. The molecule has 0 radical (unpaired) electrons. The van der Waals surface area contributed by atoms with E-state index in [9.17, 15) is 15.2 Å². The Bertz CT molecular complexity index is 528. The van der Waals surface area contributed by atoms with Gasteiger partial charge >= 0.3 is 5.69 Å². The van der Waals surface area contributed by atoms with E-state index < -0.39 is 6.10 Å². The first-order valence-corrected chi connectivity index (χ1v) is 7.14. The van der Waals surface area contributed by atoms with E-state index in [0.717, 1.165) is 6.54 Å². The maximum Gasteiger partial charge on any atom is 0.334 e. The van der Waals surface area contributed by atoms with E-state index >= 15 is 0 Å². The van der Waals surface area contributed by atoms with Crippen molar-refractivity contribution in [1.82, 2.24) is 14.7 Å². The summed E-state index contributed by atoms with van der Waals surface area (Å²) in [5.41, 5.74) is 0.556. The molecule has 0 amide bonds. The summed E-state index contributed by atoms with van der Waals surface area (Å²) in [5.74, 6) is 0.500. The largest absolute Gasteiger partial charge is 0.391 e. The second-order valence-corrected chi connectivity index (χ2v) is 5.81. The van der Waals surface area contributed by atoms with E-state index in [1.54, 1.807) is 11.7 Å². The lowest BCUT2D eigenvalue weighted by molar-refractivity contribution is -0.384. The minimum absolute atomic E-state index is 0.0498. The molecule has 1 fully saturated rings. The van der Waals surface area contributed by atoms with Crippen molar-refractivity contribution in [3.8, 4) is 0 Å². The second kappa shape index (κ2) is 5.98. The Morgan fingerprint density at radius 1 is 1.52 bits per heavy atom. The molecule has 1 aliphatic rings. The van der Waals surface area contributed by atoms with Gasteiger partial charge in [-0.15, -0.1) is 0 Å². The zero-order valence-corrected chi connectivity index (χ0v) is 13.0. The van der Waals surface area contributed by atoms with Crippen LogP contribution in [0.3, 0.4) is 0 Å². The monoisotopic (exact) mass is 297 g/mol. The predicted octanol–water partition coefficient (Wildman–Crippen LogP) is 0.392. The van der Waals surface area contributed by atoms with E-state index in [1.165, 1.54) is 0 Å². The fraction of sp³-hybridized carbons (Fsp3) is 0.769. The molecule has 1 N–H and O–H groups in total. The first-order valence-electron chi connectivity index (χ1n) is 7.14. The number of β-amino-alcohol motifs (C(OH)–C–C–N with tert-alkyl or cyclic N) is 1. The van der Waals surface area contributed by atoms with Crippen molar-refractivity contribution in [1.29, 1.82) is 0 Å². The van der Waals surface area contributed by atoms with Crippen LogP contribution in [0.2, 0.25) is 0 Å². The van der Waals surface area contributed by atoms with Crippen LogP contribution in [0.25, 0.3) is 0 Å². The molecular weight excluding hydrogens is 274 g/mol. The number of hydrogen-bond acceptors (Lipinski definition) is 6. The summed E-state index contributed by atoms with van der Waals surface area (Å²) in [6, 6.07) is 0.0498. The fourth-order valence-electron chi connectivity index (χ4n) is 3.05. The molecule has 2 heterocycles. The number of aromatic nitrogens is 2. The highest BCUT2D eigenvalue weighted by Crippen LogP contribution is 2.36. The fourth-order valence-corrected chi connectivity index (χ4v) is 3.05. The van der Waals surface area contributed by atoms with Gasteiger partial charge in [-0.05, 0) is 26.9 Å². The molecule has 2 rings (SSSR count). The number of likely N-dealkylation sites (N-methyl/N-ethyl adjacent to an activating group) is 1. The van der Waals surface area contributed by atoms with Crippen LogP contribution in [0.15, 0.2) is 0 Å². The highest BCUT2D eigenvalue weighted by Gasteiger charge is 2.38. The average molecular weight is 297 g/mol. The SMILES string of the molecule is CCc1nn(C)c(N2CC(O)CC2CN(C)C)c1[N+](=O)[O-]. The smallest absolute Gasteiger partial charge is 0.334 e. The van der Waals surface area contributed by atoms with Gasteiger partial charge in [0.15, 0.2) is 0 Å². The lowest BCUT2D eigenvalue weighted by Gasteiger charge is -2.27. The molecular formula is C13H23N5O3. The Morgan fingerprint density at radius 3 is 2.71 bits per heavy atom. The van der Waals surface area contributed by atoms with Crippen molar-refractivity contribution >= 4 is 11.5 Å². The summed E-state index contributed by atoms with van der Waals surface area (Å²) < 4.78 is 1.57. The molecule has 118 valence electrons. The molecule has 8 nitrogen and oxygen atoms in total. The van der Waals surface area contributed by atoms with Crippen LogP contribution in [0, 0.1) is 10.1 Å². The van der Waals surface area contributed by atoms with Gasteiger partial charge in [0.2, 0.25) is 5.82 Å². The third-order valence-corrected chi connectivity index (χ3v) is 3.82. The van der Waals surface area contributed by atoms with Gasteiger partial charge in [0.25, 0.3) is 0 Å². The van der Waals surface area contributed by atoms with E-state index in [-0.39, 0.29) is 16.7 Å². The quantitative estimate of drug-likeness (QED) is 0.625. The number of aliphatic hydroxyl groups is 1. The van der Waals surface area contributed by atoms with Gasteiger partial charge in [-0.2, -0.15) is 5.10 Å². The van der Waals surface area contributed by atoms with Crippen molar-refractivity contribution in [2.75, 3.05) is 32.1 Å². The van der Waals surface area contributed by atoms with E-state index in [0.29, 0.717) is 30.9 Å². The van der Waals surface area contributed by atoms with E-state index in [4.69, 9.17) is 0 Å². The van der Waals surface area contributed by atoms with Gasteiger partial charge < -0.3 is 14.9 Å². The normalized spacial score (nSPS) is 22.3. The third-order valence-electron chi connectivity index (χ3n) is 3.82. The summed E-state index contributed by atoms with van der Waals surface area (Å²) in [5, 5.41) is 25.7. The van der Waals surface area contributed by atoms with Crippen molar-refractivity contribution in [2.24, 2.45) is 7.05 Å². The minimum Gasteiger partial charge on any atom is -0.391 e. The standard InChI is InChI=1S/C13H23N5O3/c1-5-11-12(18(20)21)13(16(4)14-11)17-8-10(19)6-9(17)7-15(2)3/h9-10,19H,5-8H2,1-4H3. The lowest BCUT2D eigenvalue weighted by Crippen LogP contribution is -2.38. The lowest BCUT2D eigenvalue weighted by atomic mass is 10.2. The maximum absolute atomic E-state index is 11.4. The Kier molecular flexibility index (Phi) is 4.48. The predicted molar refractivity (Wildman–Crippen MR) is 79.6 cm³/mol. The number of aliphatic hydroxyl groups excluding tert-OH is 1. The molecule has 21 heavy (non-hydrogen) atoms. The highest BCUT2D eigenvalue weighted by molar-refractivity contribution is 5.63. The molecule has 1 aromatic rings. The van der Waals surface area contributed by atoms with Crippen LogP contribution in [-0.2, 0) is 13.5 Å². The molecule has 0 bridgehead atoms. The first kappa shape index (κ1) is 15.7. The number of rotatable bonds is 5. The van der Waals surface area contributed by atoms with Crippen molar-refractivity contribution in [3.05, 3.63) is 15.8 Å². The number of aryl methyl sites for hydroxylation is 2. The molecule has 1 aliphatic heterocycles. The third kappa shape index (κ3) is 3.01. The summed E-state index contributed by atoms with van der Waals surface area (Å²) in [6.07, 6.45) is 0.662. The average Bonchev–Trinajstić information content (AvgIpc) is 2.88. The zero-order valence-electron chi connectivity index (χ0n) is 13.0. The van der Waals surface area contributed by atoms with Crippen LogP contribution in [-0.4, -0.2) is 64.0 Å². The summed E-state index contributed by atoms with van der Waals surface area (Å²) in [6.45, 7) is 3.00. The van der Waals surface area contributed by atoms with Gasteiger partial charge in [-0.1, -0.05) is 6.92 Å². The number of hydrogen-bond donors (Lipinski definition) is 1. The molecule has 1 aromatic heterocycles. The number of nitro groups is 1. The van der Waals surface area contributed by atoms with Crippen LogP contribution in [0.1, 0.15) is 19.0 Å². The Balaban J connectivity index is 2.44. The molecule has 2 atom stereocenters. The van der Waals surface area contributed by atoms with Gasteiger partial charge in [0.1, 0.15) is 5.69 Å². The minimum atomic E-state index is -0.463. The zero-order chi connectivity index (χ0) is 15.7. The van der Waals surface area contributed by atoms with Gasteiger partial charge in [-0.25, -0.2) is 4.68 Å². The van der Waals surface area contributed by atoms with Crippen LogP contribution in [0.5, 0.6) is 0 Å². The van der Waals surface area contributed by atoms with Crippen LogP contribution < -0.4 is 4.90 Å².